The van der Waals surface area contributed by atoms with E-state index in [1.54, 1.807) is 6.07 Å². The molecule has 2 atom stereocenters. The van der Waals surface area contributed by atoms with E-state index in [4.69, 9.17) is 0 Å². The highest BCUT2D eigenvalue weighted by atomic mass is 32.2. The van der Waals surface area contributed by atoms with Crippen LogP contribution in [0.15, 0.2) is 29.2 Å². The van der Waals surface area contributed by atoms with Crippen LogP contribution in [0.25, 0.3) is 0 Å². The molecular weight excluding hydrogens is 291 g/mol. The van der Waals surface area contributed by atoms with E-state index < -0.39 is 23.4 Å². The number of para-hydroxylation sites is 1. The molecule has 0 aromatic heterocycles. The van der Waals surface area contributed by atoms with Gasteiger partial charge in [-0.15, -0.1) is 0 Å². The van der Waals surface area contributed by atoms with Gasteiger partial charge in [0.1, 0.15) is 0 Å². The Bertz CT molecular complexity index is 493. The highest BCUT2D eigenvalue weighted by Crippen LogP contribution is 2.40. The molecule has 1 amide bonds. The summed E-state index contributed by atoms with van der Waals surface area (Å²) in [5.74, 6) is -0.968. The topological polar surface area (TPSA) is 49.3 Å². The average molecular weight is 305 g/mol. The molecule has 0 bridgehead atoms. The Hall–Kier alpha value is -1.21. The Kier molecular flexibility index (Phi) is 4.59. The van der Waals surface area contributed by atoms with Crippen molar-refractivity contribution >= 4 is 23.4 Å². The summed E-state index contributed by atoms with van der Waals surface area (Å²) in [5.41, 5.74) is -4.29. The molecule has 110 valence electrons. The van der Waals surface area contributed by atoms with Crippen molar-refractivity contribution in [1.82, 2.24) is 0 Å². The first-order valence-corrected chi connectivity index (χ1v) is 7.02. The standard InChI is InChI=1S/C13H14F3NO2S/c14-13(15,16)20-11-7-2-1-5-9(11)17-12(19)8-4-3-6-10(8)18/h1-2,5,7-8,10,18H,3-4,6H2,(H,17,19). The van der Waals surface area contributed by atoms with Crippen LogP contribution >= 0.6 is 11.8 Å². The number of nitrogens with one attached hydrogen (secondary N) is 1. The van der Waals surface area contributed by atoms with E-state index in [1.165, 1.54) is 18.2 Å². The number of halogens is 3. The Labute approximate surface area is 118 Å². The van der Waals surface area contributed by atoms with Crippen LogP contribution in [-0.2, 0) is 4.79 Å². The molecule has 2 rings (SSSR count). The summed E-state index contributed by atoms with van der Waals surface area (Å²) >= 11 is -0.265. The number of amides is 1. The molecule has 1 aliphatic carbocycles. The van der Waals surface area contributed by atoms with Crippen LogP contribution in [0.4, 0.5) is 18.9 Å². The van der Waals surface area contributed by atoms with E-state index in [0.29, 0.717) is 12.8 Å². The first-order chi connectivity index (χ1) is 9.37. The van der Waals surface area contributed by atoms with E-state index in [0.717, 1.165) is 6.42 Å². The fourth-order valence-electron chi connectivity index (χ4n) is 2.26. The molecule has 2 N–H and O–H groups in total. The minimum atomic E-state index is -4.41. The average Bonchev–Trinajstić information content (AvgIpc) is 2.76. The molecule has 1 aromatic carbocycles. The summed E-state index contributed by atoms with van der Waals surface area (Å²) < 4.78 is 37.3. The first kappa shape index (κ1) is 15.2. The minimum Gasteiger partial charge on any atom is -0.392 e. The smallest absolute Gasteiger partial charge is 0.392 e. The summed E-state index contributed by atoms with van der Waals surface area (Å²) in [7, 11) is 0. The third kappa shape index (κ3) is 3.89. The highest BCUT2D eigenvalue weighted by molar-refractivity contribution is 8.00. The molecule has 1 saturated carbocycles. The minimum absolute atomic E-state index is 0.0548. The summed E-state index contributed by atoms with van der Waals surface area (Å²) in [6.07, 6.45) is 1.15. The molecular formula is C13H14F3NO2S. The van der Waals surface area contributed by atoms with Crippen molar-refractivity contribution in [1.29, 1.82) is 0 Å². The second kappa shape index (κ2) is 6.05. The summed E-state index contributed by atoms with van der Waals surface area (Å²) in [6, 6.07) is 5.77. The van der Waals surface area contributed by atoms with Gasteiger partial charge in [0, 0.05) is 4.90 Å². The lowest BCUT2D eigenvalue weighted by Gasteiger charge is -2.16. The Morgan fingerprint density at radius 1 is 1.30 bits per heavy atom. The number of aliphatic hydroxyl groups is 1. The lowest BCUT2D eigenvalue weighted by atomic mass is 10.1. The quantitative estimate of drug-likeness (QED) is 0.842. The van der Waals surface area contributed by atoms with Gasteiger partial charge in [0.05, 0.1) is 17.7 Å². The third-order valence-electron chi connectivity index (χ3n) is 3.19. The van der Waals surface area contributed by atoms with Gasteiger partial charge in [0.2, 0.25) is 5.91 Å². The fourth-order valence-corrected chi connectivity index (χ4v) is 2.88. The second-order valence-corrected chi connectivity index (χ2v) is 5.74. The zero-order chi connectivity index (χ0) is 14.8. The van der Waals surface area contributed by atoms with Crippen LogP contribution < -0.4 is 5.32 Å². The number of thioether (sulfide) groups is 1. The SMILES string of the molecule is O=C(Nc1ccccc1SC(F)(F)F)C1CCCC1O. The van der Waals surface area contributed by atoms with Gasteiger partial charge < -0.3 is 10.4 Å². The van der Waals surface area contributed by atoms with Crippen molar-refractivity contribution in [2.24, 2.45) is 5.92 Å². The molecule has 1 aliphatic rings. The van der Waals surface area contributed by atoms with Gasteiger partial charge in [0.15, 0.2) is 0 Å². The number of carbonyl (C=O) groups is 1. The number of aliphatic hydroxyl groups excluding tert-OH is 1. The lowest BCUT2D eigenvalue weighted by molar-refractivity contribution is -0.122. The zero-order valence-corrected chi connectivity index (χ0v) is 11.3. The Morgan fingerprint density at radius 3 is 2.60 bits per heavy atom. The molecule has 0 aliphatic heterocycles. The Balaban J connectivity index is 2.11. The monoisotopic (exact) mass is 305 g/mol. The van der Waals surface area contributed by atoms with Gasteiger partial charge in [-0.1, -0.05) is 12.1 Å². The highest BCUT2D eigenvalue weighted by Gasteiger charge is 2.33. The van der Waals surface area contributed by atoms with Gasteiger partial charge in [-0.25, -0.2) is 0 Å². The number of hydrogen-bond donors (Lipinski definition) is 2. The van der Waals surface area contributed by atoms with Crippen LogP contribution in [0.3, 0.4) is 0 Å². The predicted octanol–water partition coefficient (Wildman–Crippen LogP) is 3.40. The number of anilines is 1. The normalized spacial score (nSPS) is 22.8. The van der Waals surface area contributed by atoms with Crippen molar-refractivity contribution in [2.75, 3.05) is 5.32 Å². The van der Waals surface area contributed by atoms with Gasteiger partial charge in [0.25, 0.3) is 0 Å². The van der Waals surface area contributed by atoms with Crippen LogP contribution in [0.2, 0.25) is 0 Å². The van der Waals surface area contributed by atoms with Crippen LogP contribution in [0.1, 0.15) is 19.3 Å². The molecule has 1 fully saturated rings. The molecule has 2 unspecified atom stereocenters. The lowest BCUT2D eigenvalue weighted by Crippen LogP contribution is -2.28. The molecule has 0 spiro atoms. The van der Waals surface area contributed by atoms with Crippen molar-refractivity contribution in [3.63, 3.8) is 0 Å². The van der Waals surface area contributed by atoms with Crippen molar-refractivity contribution in [3.05, 3.63) is 24.3 Å². The van der Waals surface area contributed by atoms with E-state index in [2.05, 4.69) is 5.32 Å². The molecule has 0 radical (unpaired) electrons. The van der Waals surface area contributed by atoms with Crippen LogP contribution in [-0.4, -0.2) is 22.6 Å². The summed E-state index contributed by atoms with van der Waals surface area (Å²) in [5, 5.41) is 12.1. The number of carbonyl (C=O) groups excluding carboxylic acids is 1. The van der Waals surface area contributed by atoms with E-state index >= 15 is 0 Å². The van der Waals surface area contributed by atoms with E-state index in [1.807, 2.05) is 0 Å². The number of hydrogen-bond acceptors (Lipinski definition) is 3. The molecule has 0 saturated heterocycles. The largest absolute Gasteiger partial charge is 0.446 e. The van der Waals surface area contributed by atoms with Gasteiger partial charge >= 0.3 is 5.51 Å². The van der Waals surface area contributed by atoms with E-state index in [9.17, 15) is 23.1 Å². The molecule has 1 aromatic rings. The summed E-state index contributed by atoms with van der Waals surface area (Å²) in [4.78, 5) is 11.9. The maximum atomic E-state index is 12.4. The second-order valence-electron chi connectivity index (χ2n) is 4.64. The maximum Gasteiger partial charge on any atom is 0.446 e. The molecule has 3 nitrogen and oxygen atoms in total. The van der Waals surface area contributed by atoms with Crippen LogP contribution in [0.5, 0.6) is 0 Å². The van der Waals surface area contributed by atoms with E-state index in [-0.39, 0.29) is 22.3 Å². The number of rotatable bonds is 3. The predicted molar refractivity (Wildman–Crippen MR) is 70.3 cm³/mol. The number of alkyl halides is 3. The van der Waals surface area contributed by atoms with Crippen molar-refractivity contribution < 1.29 is 23.1 Å². The van der Waals surface area contributed by atoms with Gasteiger partial charge in [-0.3, -0.25) is 4.79 Å². The van der Waals surface area contributed by atoms with Gasteiger partial charge in [-0.2, -0.15) is 13.2 Å². The maximum absolute atomic E-state index is 12.4. The number of benzene rings is 1. The van der Waals surface area contributed by atoms with Gasteiger partial charge in [-0.05, 0) is 43.2 Å². The van der Waals surface area contributed by atoms with Crippen molar-refractivity contribution in [2.45, 2.75) is 35.8 Å². The third-order valence-corrected chi connectivity index (χ3v) is 3.99. The first-order valence-electron chi connectivity index (χ1n) is 6.20. The zero-order valence-electron chi connectivity index (χ0n) is 10.5. The van der Waals surface area contributed by atoms with Crippen molar-refractivity contribution in [3.8, 4) is 0 Å². The fraction of sp³-hybridized carbons (Fsp3) is 0.462. The molecule has 7 heteroatoms. The van der Waals surface area contributed by atoms with Crippen LogP contribution in [0, 0.1) is 5.92 Å². The molecule has 20 heavy (non-hydrogen) atoms. The molecule has 0 heterocycles. The Morgan fingerprint density at radius 2 is 2.00 bits per heavy atom. The summed E-state index contributed by atoms with van der Waals surface area (Å²) in [6.45, 7) is 0.